The predicted molar refractivity (Wildman–Crippen MR) is 155 cm³/mol. The first-order valence-corrected chi connectivity index (χ1v) is 14.9. The van der Waals surface area contributed by atoms with Crippen molar-refractivity contribution in [3.63, 3.8) is 0 Å². The van der Waals surface area contributed by atoms with Crippen LogP contribution < -0.4 is 14.4 Å². The largest absolute Gasteiger partial charge is 0.457 e. The molecule has 3 rings (SSSR count). The summed E-state index contributed by atoms with van der Waals surface area (Å²) >= 11 is 12.2. The molecular formula is C28H31Cl2N3O5S. The maximum Gasteiger partial charge on any atom is 0.244 e. The van der Waals surface area contributed by atoms with E-state index in [1.807, 2.05) is 25.1 Å². The number of carbonyl (C=O) groups is 2. The maximum absolute atomic E-state index is 13.6. The smallest absolute Gasteiger partial charge is 0.244 e. The van der Waals surface area contributed by atoms with Gasteiger partial charge in [0.15, 0.2) is 0 Å². The van der Waals surface area contributed by atoms with E-state index >= 15 is 0 Å². The lowest BCUT2D eigenvalue weighted by molar-refractivity contribution is -0.139. The summed E-state index contributed by atoms with van der Waals surface area (Å²) in [6.45, 7) is 3.48. The molecule has 8 nitrogen and oxygen atoms in total. The zero-order chi connectivity index (χ0) is 28.6. The monoisotopic (exact) mass is 591 g/mol. The normalized spacial score (nSPS) is 11.9. The van der Waals surface area contributed by atoms with Gasteiger partial charge in [0.05, 0.1) is 22.0 Å². The fraction of sp³-hybridized carbons (Fsp3) is 0.286. The van der Waals surface area contributed by atoms with Crippen LogP contribution in [0.1, 0.15) is 25.8 Å². The quantitative estimate of drug-likeness (QED) is 0.300. The van der Waals surface area contributed by atoms with Crippen molar-refractivity contribution < 1.29 is 22.7 Å². The number of nitrogens with one attached hydrogen (secondary N) is 1. The Labute approximate surface area is 239 Å². The number of sulfonamides is 1. The summed E-state index contributed by atoms with van der Waals surface area (Å²) in [5.74, 6) is 0.231. The third kappa shape index (κ3) is 8.61. The van der Waals surface area contributed by atoms with Gasteiger partial charge in [-0.2, -0.15) is 0 Å². The Kier molecular flexibility index (Phi) is 10.6. The highest BCUT2D eigenvalue weighted by Gasteiger charge is 2.30. The predicted octanol–water partition coefficient (Wildman–Crippen LogP) is 5.50. The minimum Gasteiger partial charge on any atom is -0.457 e. The molecule has 208 valence electrons. The molecule has 0 aliphatic heterocycles. The van der Waals surface area contributed by atoms with Crippen LogP contribution in [0.5, 0.6) is 11.5 Å². The van der Waals surface area contributed by atoms with Crippen LogP contribution in [0.3, 0.4) is 0 Å². The molecule has 3 aromatic carbocycles. The molecule has 1 atom stereocenters. The van der Waals surface area contributed by atoms with Crippen LogP contribution in [0.4, 0.5) is 5.69 Å². The Morgan fingerprint density at radius 3 is 2.18 bits per heavy atom. The molecule has 2 amide bonds. The van der Waals surface area contributed by atoms with E-state index in [9.17, 15) is 18.0 Å². The molecule has 0 saturated heterocycles. The molecule has 0 heterocycles. The zero-order valence-corrected chi connectivity index (χ0v) is 24.3. The van der Waals surface area contributed by atoms with E-state index in [-0.39, 0.29) is 18.1 Å². The van der Waals surface area contributed by atoms with Crippen molar-refractivity contribution in [1.29, 1.82) is 0 Å². The van der Waals surface area contributed by atoms with Gasteiger partial charge in [0.25, 0.3) is 0 Å². The van der Waals surface area contributed by atoms with Crippen molar-refractivity contribution in [2.24, 2.45) is 0 Å². The minimum atomic E-state index is -3.86. The topological polar surface area (TPSA) is 96.0 Å². The van der Waals surface area contributed by atoms with Crippen LogP contribution in [-0.2, 0) is 26.2 Å². The van der Waals surface area contributed by atoms with Gasteiger partial charge in [-0.15, -0.1) is 0 Å². The molecule has 0 aliphatic carbocycles. The van der Waals surface area contributed by atoms with Gasteiger partial charge in [-0.1, -0.05) is 54.4 Å². The lowest BCUT2D eigenvalue weighted by Gasteiger charge is -2.31. The second-order valence-corrected chi connectivity index (χ2v) is 11.6. The molecule has 0 bridgehead atoms. The molecule has 11 heteroatoms. The van der Waals surface area contributed by atoms with Crippen molar-refractivity contribution >= 4 is 50.7 Å². The van der Waals surface area contributed by atoms with E-state index in [2.05, 4.69) is 5.32 Å². The number of benzene rings is 3. The minimum absolute atomic E-state index is 0.0257. The van der Waals surface area contributed by atoms with Gasteiger partial charge in [0.1, 0.15) is 24.1 Å². The fourth-order valence-corrected chi connectivity index (χ4v) is 4.90. The maximum atomic E-state index is 13.6. The third-order valence-electron chi connectivity index (χ3n) is 5.84. The van der Waals surface area contributed by atoms with Crippen molar-refractivity contribution in [1.82, 2.24) is 10.2 Å². The number of hydrogen-bond acceptors (Lipinski definition) is 5. The molecular weight excluding hydrogens is 561 g/mol. The summed E-state index contributed by atoms with van der Waals surface area (Å²) in [4.78, 5) is 27.7. The van der Waals surface area contributed by atoms with Gasteiger partial charge in [0.2, 0.25) is 21.8 Å². The number of para-hydroxylation sites is 1. The summed E-state index contributed by atoms with van der Waals surface area (Å²) < 4.78 is 32.3. The van der Waals surface area contributed by atoms with Gasteiger partial charge in [-0.3, -0.25) is 13.9 Å². The SMILES string of the molecule is CCCNC(=O)C(C)N(Cc1ccc(Cl)c(Cl)c1)C(=O)CN(c1ccc(Oc2ccccc2)cc1)S(C)(=O)=O. The summed E-state index contributed by atoms with van der Waals surface area (Å²) in [6.07, 6.45) is 1.75. The van der Waals surface area contributed by atoms with Crippen LogP contribution in [0.15, 0.2) is 72.8 Å². The lowest BCUT2D eigenvalue weighted by atomic mass is 10.1. The molecule has 1 N–H and O–H groups in total. The van der Waals surface area contributed by atoms with Crippen LogP contribution in [0.25, 0.3) is 0 Å². The average molecular weight is 593 g/mol. The van der Waals surface area contributed by atoms with Crippen molar-refractivity contribution in [2.45, 2.75) is 32.9 Å². The molecule has 3 aromatic rings. The number of nitrogens with zero attached hydrogens (tertiary/aromatic N) is 2. The Bertz CT molecular complexity index is 1390. The van der Waals surface area contributed by atoms with E-state index in [1.54, 1.807) is 61.5 Å². The van der Waals surface area contributed by atoms with Crippen molar-refractivity contribution in [2.75, 3.05) is 23.7 Å². The number of ether oxygens (including phenoxy) is 1. The summed E-state index contributed by atoms with van der Waals surface area (Å²) in [7, 11) is -3.86. The van der Waals surface area contributed by atoms with E-state index in [0.717, 1.165) is 17.0 Å². The third-order valence-corrected chi connectivity index (χ3v) is 7.72. The molecule has 0 aliphatic rings. The molecule has 1 unspecified atom stereocenters. The second-order valence-electron chi connectivity index (χ2n) is 8.92. The van der Waals surface area contributed by atoms with Crippen LogP contribution in [0, 0.1) is 0 Å². The van der Waals surface area contributed by atoms with Crippen LogP contribution >= 0.6 is 23.2 Å². The first-order chi connectivity index (χ1) is 18.5. The average Bonchev–Trinajstić information content (AvgIpc) is 2.91. The standard InChI is InChI=1S/C28H31Cl2N3O5S/c1-4-16-31-28(35)20(2)32(18-21-10-15-25(29)26(30)17-21)27(34)19-33(39(3,36)37)22-11-13-24(14-12-22)38-23-8-6-5-7-9-23/h5-15,17,20H,4,16,18-19H2,1-3H3,(H,31,35). The number of carbonyl (C=O) groups excluding carboxylic acids is 2. The van der Waals surface area contributed by atoms with Gasteiger partial charge in [0, 0.05) is 13.1 Å². The van der Waals surface area contributed by atoms with E-state index < -0.39 is 28.5 Å². The molecule has 0 radical (unpaired) electrons. The van der Waals surface area contributed by atoms with Gasteiger partial charge in [-0.25, -0.2) is 8.42 Å². The molecule has 0 spiro atoms. The van der Waals surface area contributed by atoms with E-state index in [0.29, 0.717) is 33.7 Å². The summed E-state index contributed by atoms with van der Waals surface area (Å²) in [6, 6.07) is 19.6. The lowest BCUT2D eigenvalue weighted by Crippen LogP contribution is -2.51. The Morgan fingerprint density at radius 1 is 0.949 bits per heavy atom. The first-order valence-electron chi connectivity index (χ1n) is 12.3. The van der Waals surface area contributed by atoms with E-state index in [1.165, 1.54) is 4.90 Å². The van der Waals surface area contributed by atoms with Gasteiger partial charge in [-0.05, 0) is 67.4 Å². The summed E-state index contributed by atoms with van der Waals surface area (Å²) in [5.41, 5.74) is 0.921. The van der Waals surface area contributed by atoms with Gasteiger partial charge >= 0.3 is 0 Å². The molecule has 0 fully saturated rings. The van der Waals surface area contributed by atoms with Crippen molar-refractivity contribution in [3.8, 4) is 11.5 Å². The molecule has 0 aromatic heterocycles. The van der Waals surface area contributed by atoms with Crippen molar-refractivity contribution in [3.05, 3.63) is 88.4 Å². The summed E-state index contributed by atoms with van der Waals surface area (Å²) in [5, 5.41) is 3.45. The van der Waals surface area contributed by atoms with Crippen LogP contribution in [-0.4, -0.2) is 50.5 Å². The second kappa shape index (κ2) is 13.7. The fourth-order valence-electron chi connectivity index (χ4n) is 3.73. The highest BCUT2D eigenvalue weighted by Crippen LogP contribution is 2.27. The zero-order valence-electron chi connectivity index (χ0n) is 21.9. The number of anilines is 1. The van der Waals surface area contributed by atoms with E-state index in [4.69, 9.17) is 27.9 Å². The highest BCUT2D eigenvalue weighted by atomic mass is 35.5. The Balaban J connectivity index is 1.86. The van der Waals surface area contributed by atoms with Crippen LogP contribution in [0.2, 0.25) is 10.0 Å². The highest BCUT2D eigenvalue weighted by molar-refractivity contribution is 7.92. The first kappa shape index (κ1) is 30.3. The van der Waals surface area contributed by atoms with Gasteiger partial charge < -0.3 is 15.0 Å². The Hall–Kier alpha value is -3.27. The molecule has 39 heavy (non-hydrogen) atoms. The number of halogens is 2. The Morgan fingerprint density at radius 2 is 1.59 bits per heavy atom. The number of rotatable bonds is 12. The molecule has 0 saturated carbocycles. The number of hydrogen-bond donors (Lipinski definition) is 1. The number of amides is 2.